The summed E-state index contributed by atoms with van der Waals surface area (Å²) in [5.74, 6) is -1.19. The van der Waals surface area contributed by atoms with E-state index in [0.29, 0.717) is 15.6 Å². The monoisotopic (exact) mass is 556 g/mol. The van der Waals surface area contributed by atoms with Gasteiger partial charge in [0.05, 0.1) is 28.1 Å². The van der Waals surface area contributed by atoms with Gasteiger partial charge in [-0.3, -0.25) is 9.59 Å². The third kappa shape index (κ3) is 3.55. The topological polar surface area (TPSA) is 76.0 Å². The van der Waals surface area contributed by atoms with Crippen LogP contribution in [0, 0.1) is 30.6 Å². The lowest BCUT2D eigenvalue weighted by atomic mass is 9.85. The molecule has 2 aliphatic carbocycles. The summed E-state index contributed by atoms with van der Waals surface area (Å²) >= 11 is 6.85. The van der Waals surface area contributed by atoms with Crippen LogP contribution in [-0.2, 0) is 9.59 Å². The van der Waals surface area contributed by atoms with Crippen LogP contribution in [0.5, 0.6) is 5.75 Å². The standard InChI is InChI=1S/C24H18Br2N2O4/c1-12-2-4-13(5-3-12)24(31)32-21-16(9-17(25)10-18(21)26)11-27-28-22(29)19-14-6-7-15(8-14)20(19)23(28)30/h2-7,9-11,14-15,19-20H,8H2,1H3/t14-,15-,19-,20+/m0/s1. The minimum Gasteiger partial charge on any atom is -0.421 e. The van der Waals surface area contributed by atoms with Crippen LogP contribution in [-0.4, -0.2) is 29.0 Å². The van der Waals surface area contributed by atoms with Crippen molar-refractivity contribution in [1.82, 2.24) is 5.01 Å². The van der Waals surface area contributed by atoms with Gasteiger partial charge < -0.3 is 4.74 Å². The van der Waals surface area contributed by atoms with Gasteiger partial charge in [-0.25, -0.2) is 4.79 Å². The smallest absolute Gasteiger partial charge is 0.343 e. The van der Waals surface area contributed by atoms with E-state index in [-0.39, 0.29) is 41.2 Å². The Morgan fingerprint density at radius 1 is 1.06 bits per heavy atom. The van der Waals surface area contributed by atoms with Crippen LogP contribution in [0.15, 0.2) is 62.6 Å². The van der Waals surface area contributed by atoms with Gasteiger partial charge in [0.25, 0.3) is 11.8 Å². The highest BCUT2D eigenvalue weighted by molar-refractivity contribution is 9.11. The molecule has 32 heavy (non-hydrogen) atoms. The summed E-state index contributed by atoms with van der Waals surface area (Å²) in [5, 5.41) is 5.19. The molecule has 1 saturated heterocycles. The first-order valence-corrected chi connectivity index (χ1v) is 11.8. The lowest BCUT2D eigenvalue weighted by Gasteiger charge is -2.13. The average molecular weight is 558 g/mol. The molecule has 2 fully saturated rings. The molecular weight excluding hydrogens is 540 g/mol. The van der Waals surface area contributed by atoms with Crippen LogP contribution in [0.3, 0.4) is 0 Å². The molecule has 2 aromatic rings. The largest absolute Gasteiger partial charge is 0.421 e. The second kappa shape index (κ2) is 8.08. The van der Waals surface area contributed by atoms with E-state index >= 15 is 0 Å². The maximum absolute atomic E-state index is 12.9. The SMILES string of the molecule is Cc1ccc(C(=O)Oc2c(Br)cc(Br)cc2C=NN2C(=O)[C@@H]3[C@H](C2=O)[C@H]2C=C[C@H]3C2)cc1. The third-order valence-corrected chi connectivity index (χ3v) is 7.33. The number of hydrogen-bond donors (Lipinski definition) is 0. The van der Waals surface area contributed by atoms with E-state index in [9.17, 15) is 14.4 Å². The van der Waals surface area contributed by atoms with Crippen LogP contribution >= 0.6 is 31.9 Å². The minimum atomic E-state index is -0.520. The maximum atomic E-state index is 12.9. The number of esters is 1. The number of nitrogens with zero attached hydrogens (tertiary/aromatic N) is 2. The van der Waals surface area contributed by atoms with Crippen LogP contribution in [0.4, 0.5) is 0 Å². The summed E-state index contributed by atoms with van der Waals surface area (Å²) in [6, 6.07) is 10.5. The molecule has 5 rings (SSSR count). The van der Waals surface area contributed by atoms with Gasteiger partial charge in [-0.2, -0.15) is 10.1 Å². The van der Waals surface area contributed by atoms with Gasteiger partial charge in [0.1, 0.15) is 0 Å². The van der Waals surface area contributed by atoms with Crippen LogP contribution in [0.2, 0.25) is 0 Å². The predicted molar refractivity (Wildman–Crippen MR) is 125 cm³/mol. The second-order valence-electron chi connectivity index (χ2n) is 8.29. The van der Waals surface area contributed by atoms with Gasteiger partial charge in [-0.15, -0.1) is 0 Å². The molecule has 1 heterocycles. The maximum Gasteiger partial charge on any atom is 0.343 e. The van der Waals surface area contributed by atoms with Gasteiger partial charge in [0, 0.05) is 10.0 Å². The first-order valence-electron chi connectivity index (χ1n) is 10.2. The van der Waals surface area contributed by atoms with Gasteiger partial charge in [-0.05, 0) is 65.4 Å². The molecule has 2 amide bonds. The van der Waals surface area contributed by atoms with Crippen LogP contribution in [0.1, 0.15) is 27.9 Å². The molecule has 0 N–H and O–H groups in total. The van der Waals surface area contributed by atoms with Gasteiger partial charge in [0.2, 0.25) is 0 Å². The molecule has 2 bridgehead atoms. The summed E-state index contributed by atoms with van der Waals surface area (Å²) in [6.45, 7) is 1.94. The van der Waals surface area contributed by atoms with Gasteiger partial charge in [-0.1, -0.05) is 45.8 Å². The van der Waals surface area contributed by atoms with E-state index in [1.54, 1.807) is 24.3 Å². The van der Waals surface area contributed by atoms with E-state index in [0.717, 1.165) is 21.5 Å². The van der Waals surface area contributed by atoms with E-state index in [4.69, 9.17) is 4.74 Å². The van der Waals surface area contributed by atoms with Crippen molar-refractivity contribution < 1.29 is 19.1 Å². The molecule has 0 spiro atoms. The van der Waals surface area contributed by atoms with E-state index in [1.807, 2.05) is 31.2 Å². The molecule has 162 valence electrons. The van der Waals surface area contributed by atoms with E-state index in [1.165, 1.54) is 6.21 Å². The molecule has 0 aromatic heterocycles. The molecule has 0 unspecified atom stereocenters. The fraction of sp³-hybridized carbons (Fsp3) is 0.250. The highest BCUT2D eigenvalue weighted by Gasteiger charge is 2.59. The number of hydrogen-bond acceptors (Lipinski definition) is 5. The number of fused-ring (bicyclic) bond motifs is 5. The number of rotatable bonds is 4. The summed E-state index contributed by atoms with van der Waals surface area (Å²) in [5.41, 5.74) is 1.90. The number of hydrazone groups is 1. The van der Waals surface area contributed by atoms with Crippen molar-refractivity contribution in [2.24, 2.45) is 28.8 Å². The Hall–Kier alpha value is -2.58. The second-order valence-corrected chi connectivity index (χ2v) is 10.1. The number of amides is 2. The van der Waals surface area contributed by atoms with Crippen LogP contribution in [0.25, 0.3) is 0 Å². The number of carbonyl (C=O) groups excluding carboxylic acids is 3. The van der Waals surface area contributed by atoms with Crippen molar-refractivity contribution in [3.63, 3.8) is 0 Å². The van der Waals surface area contributed by atoms with Crippen molar-refractivity contribution in [3.8, 4) is 5.75 Å². The molecule has 8 heteroatoms. The molecule has 1 aliphatic heterocycles. The van der Waals surface area contributed by atoms with Crippen molar-refractivity contribution in [2.45, 2.75) is 13.3 Å². The Balaban J connectivity index is 1.42. The number of benzene rings is 2. The fourth-order valence-corrected chi connectivity index (χ4v) is 6.08. The average Bonchev–Trinajstić information content (AvgIpc) is 3.43. The molecule has 3 aliphatic rings. The Morgan fingerprint density at radius 2 is 1.69 bits per heavy atom. The highest BCUT2D eigenvalue weighted by atomic mass is 79.9. The van der Waals surface area contributed by atoms with Crippen molar-refractivity contribution in [2.75, 3.05) is 0 Å². The molecule has 2 aromatic carbocycles. The summed E-state index contributed by atoms with van der Waals surface area (Å²) in [6.07, 6.45) is 6.33. The zero-order valence-electron chi connectivity index (χ0n) is 17.0. The van der Waals surface area contributed by atoms with Crippen molar-refractivity contribution in [1.29, 1.82) is 0 Å². The number of carbonyl (C=O) groups is 3. The number of imide groups is 1. The van der Waals surface area contributed by atoms with Gasteiger partial charge in [0.15, 0.2) is 5.75 Å². The molecule has 1 saturated carbocycles. The van der Waals surface area contributed by atoms with Crippen LogP contribution < -0.4 is 4.74 Å². The summed E-state index contributed by atoms with van der Waals surface area (Å²) in [7, 11) is 0. The minimum absolute atomic E-state index is 0.118. The zero-order chi connectivity index (χ0) is 22.6. The van der Waals surface area contributed by atoms with Crippen molar-refractivity contribution >= 4 is 55.9 Å². The third-order valence-electron chi connectivity index (χ3n) is 6.28. The number of allylic oxidation sites excluding steroid dienone is 2. The summed E-state index contributed by atoms with van der Waals surface area (Å²) in [4.78, 5) is 38.4. The molecule has 0 radical (unpaired) electrons. The molecule has 6 nitrogen and oxygen atoms in total. The molecule has 4 atom stereocenters. The van der Waals surface area contributed by atoms with Gasteiger partial charge >= 0.3 is 5.97 Å². The first-order chi connectivity index (χ1) is 15.3. The normalized spacial score (nSPS) is 25.8. The number of aryl methyl sites for hydroxylation is 1. The quantitative estimate of drug-likeness (QED) is 0.176. The zero-order valence-corrected chi connectivity index (χ0v) is 20.2. The van der Waals surface area contributed by atoms with E-state index in [2.05, 4.69) is 37.0 Å². The Bertz CT molecular complexity index is 1180. The Labute approximate surface area is 201 Å². The number of ether oxygens (including phenoxy) is 1. The fourth-order valence-electron chi connectivity index (χ4n) is 4.75. The predicted octanol–water partition coefficient (Wildman–Crippen LogP) is 4.88. The Kier molecular flexibility index (Phi) is 5.37. The number of halogens is 2. The lowest BCUT2D eigenvalue weighted by molar-refractivity contribution is -0.140. The molecular formula is C24H18Br2N2O4. The Morgan fingerprint density at radius 3 is 2.31 bits per heavy atom. The highest BCUT2D eigenvalue weighted by Crippen LogP contribution is 2.52. The first kappa shape index (κ1) is 21.3. The van der Waals surface area contributed by atoms with Crippen molar-refractivity contribution in [3.05, 3.63) is 74.2 Å². The van der Waals surface area contributed by atoms with E-state index < -0.39 is 5.97 Å². The summed E-state index contributed by atoms with van der Waals surface area (Å²) < 4.78 is 6.90. The lowest BCUT2D eigenvalue weighted by Crippen LogP contribution is -2.28.